The van der Waals surface area contributed by atoms with Gasteiger partial charge in [-0.2, -0.15) is 0 Å². The lowest BCUT2D eigenvalue weighted by Crippen LogP contribution is -2.27. The summed E-state index contributed by atoms with van der Waals surface area (Å²) < 4.78 is 0. The van der Waals surface area contributed by atoms with Crippen LogP contribution in [0.3, 0.4) is 0 Å². The van der Waals surface area contributed by atoms with Crippen LogP contribution in [0.5, 0.6) is 0 Å². The summed E-state index contributed by atoms with van der Waals surface area (Å²) in [5, 5.41) is 0. The van der Waals surface area contributed by atoms with Crippen LogP contribution in [-0.2, 0) is 4.79 Å². The van der Waals surface area contributed by atoms with Gasteiger partial charge in [-0.25, -0.2) is 0 Å². The fourth-order valence-corrected chi connectivity index (χ4v) is 0.818. The molecule has 0 rings (SSSR count). The Morgan fingerprint density at radius 3 is 1.62 bits per heavy atom. The van der Waals surface area contributed by atoms with Gasteiger partial charge in [-0.1, -0.05) is 66.7 Å². The van der Waals surface area contributed by atoms with E-state index in [0.29, 0.717) is 0 Å². The Morgan fingerprint density at radius 2 is 1.38 bits per heavy atom. The molecule has 0 aromatic heterocycles. The number of ketones is 1. The summed E-state index contributed by atoms with van der Waals surface area (Å²) in [5.74, 6) is 0.108. The molecule has 0 saturated carbocycles. The first kappa shape index (κ1) is 21.0. The molecule has 0 aliphatic rings. The molecular weight excluding hydrogens is 198 g/mol. The summed E-state index contributed by atoms with van der Waals surface area (Å²) in [6, 6.07) is -0.216. The number of carbonyl (C=O) groups is 1. The molecule has 100 valence electrons. The Hall–Kier alpha value is -0.370. The monoisotopic (exact) mass is 231 g/mol. The van der Waals surface area contributed by atoms with Crippen molar-refractivity contribution in [2.75, 3.05) is 0 Å². The minimum Gasteiger partial charge on any atom is -0.322 e. The predicted octanol–water partition coefficient (Wildman–Crippen LogP) is 4.32. The zero-order valence-corrected chi connectivity index (χ0v) is 12.3. The highest BCUT2D eigenvalue weighted by Crippen LogP contribution is 2.01. The summed E-state index contributed by atoms with van der Waals surface area (Å²) in [5.41, 5.74) is 5.51. The van der Waals surface area contributed by atoms with Gasteiger partial charge in [0, 0.05) is 0 Å². The number of Topliss-reactive ketones (excluding diaryl/α,β-unsaturated/α-hetero) is 1. The SMILES string of the molecule is CCC.CCC.CCCCCC(N)C(C)=O. The smallest absolute Gasteiger partial charge is 0.146 e. The third-order valence-electron chi connectivity index (χ3n) is 1.64. The number of hydrogen-bond acceptors (Lipinski definition) is 2. The zero-order valence-electron chi connectivity index (χ0n) is 12.3. The van der Waals surface area contributed by atoms with Gasteiger partial charge in [-0.3, -0.25) is 4.79 Å². The predicted molar refractivity (Wildman–Crippen MR) is 74.7 cm³/mol. The molecule has 16 heavy (non-hydrogen) atoms. The Morgan fingerprint density at radius 1 is 1.00 bits per heavy atom. The molecule has 0 bridgehead atoms. The van der Waals surface area contributed by atoms with Gasteiger partial charge in [0.1, 0.15) is 5.78 Å². The van der Waals surface area contributed by atoms with Crippen LogP contribution in [0.25, 0.3) is 0 Å². The van der Waals surface area contributed by atoms with Crippen LogP contribution in [0.15, 0.2) is 0 Å². The Balaban J connectivity index is -0.000000235. The molecule has 0 amide bonds. The quantitative estimate of drug-likeness (QED) is 0.716. The Bertz CT molecular complexity index is 122. The van der Waals surface area contributed by atoms with E-state index in [1.807, 2.05) is 0 Å². The van der Waals surface area contributed by atoms with Gasteiger partial charge >= 0.3 is 0 Å². The first-order valence-corrected chi connectivity index (χ1v) is 6.77. The van der Waals surface area contributed by atoms with E-state index in [-0.39, 0.29) is 11.8 Å². The highest BCUT2D eigenvalue weighted by molar-refractivity contribution is 5.80. The van der Waals surface area contributed by atoms with E-state index in [0.717, 1.165) is 12.8 Å². The first-order chi connectivity index (χ1) is 7.51. The van der Waals surface area contributed by atoms with Gasteiger partial charge in [-0.05, 0) is 13.3 Å². The van der Waals surface area contributed by atoms with E-state index in [2.05, 4.69) is 34.6 Å². The lowest BCUT2D eigenvalue weighted by molar-refractivity contribution is -0.118. The molecule has 2 nitrogen and oxygen atoms in total. The minimum absolute atomic E-state index is 0.108. The number of carbonyl (C=O) groups excluding carboxylic acids is 1. The van der Waals surface area contributed by atoms with Crippen molar-refractivity contribution < 1.29 is 4.79 Å². The van der Waals surface area contributed by atoms with E-state index in [9.17, 15) is 4.79 Å². The highest BCUT2D eigenvalue weighted by Gasteiger charge is 2.05. The fraction of sp³-hybridized carbons (Fsp3) is 0.929. The second-order valence-corrected chi connectivity index (χ2v) is 4.13. The van der Waals surface area contributed by atoms with Gasteiger partial charge in [-0.15, -0.1) is 0 Å². The third-order valence-corrected chi connectivity index (χ3v) is 1.64. The molecule has 0 aromatic carbocycles. The average molecular weight is 231 g/mol. The summed E-state index contributed by atoms with van der Waals surface area (Å²) in [4.78, 5) is 10.6. The van der Waals surface area contributed by atoms with Crippen LogP contribution in [0, 0.1) is 0 Å². The molecule has 0 fully saturated rings. The number of rotatable bonds is 5. The largest absolute Gasteiger partial charge is 0.322 e. The van der Waals surface area contributed by atoms with E-state index in [1.54, 1.807) is 6.92 Å². The second kappa shape index (κ2) is 20.1. The Kier molecular flexibility index (Phi) is 26.3. The molecule has 0 aromatic rings. The Labute approximate surface area is 103 Å². The minimum atomic E-state index is -0.216. The molecular formula is C14H33NO. The van der Waals surface area contributed by atoms with Crippen molar-refractivity contribution in [1.29, 1.82) is 0 Å². The van der Waals surface area contributed by atoms with E-state index < -0.39 is 0 Å². The van der Waals surface area contributed by atoms with Gasteiger partial charge in [0.05, 0.1) is 6.04 Å². The van der Waals surface area contributed by atoms with Crippen LogP contribution in [0.2, 0.25) is 0 Å². The van der Waals surface area contributed by atoms with Crippen molar-refractivity contribution in [3.8, 4) is 0 Å². The summed E-state index contributed by atoms with van der Waals surface area (Å²) in [6.45, 7) is 12.2. The van der Waals surface area contributed by atoms with E-state index >= 15 is 0 Å². The molecule has 1 unspecified atom stereocenters. The molecule has 2 N–H and O–H groups in total. The molecule has 0 heterocycles. The molecule has 2 heteroatoms. The molecule has 1 atom stereocenters. The topological polar surface area (TPSA) is 43.1 Å². The lowest BCUT2D eigenvalue weighted by atomic mass is 10.1. The number of nitrogens with two attached hydrogens (primary N) is 1. The van der Waals surface area contributed by atoms with Gasteiger partial charge in [0.15, 0.2) is 0 Å². The van der Waals surface area contributed by atoms with Crippen molar-refractivity contribution in [2.45, 2.75) is 86.1 Å². The molecule has 0 aliphatic heterocycles. The first-order valence-electron chi connectivity index (χ1n) is 6.77. The van der Waals surface area contributed by atoms with Gasteiger partial charge in [0.2, 0.25) is 0 Å². The zero-order chi connectivity index (χ0) is 13.4. The van der Waals surface area contributed by atoms with Crippen molar-refractivity contribution in [3.05, 3.63) is 0 Å². The summed E-state index contributed by atoms with van der Waals surface area (Å²) in [6.07, 6.45) is 6.80. The maximum Gasteiger partial charge on any atom is 0.146 e. The van der Waals surface area contributed by atoms with Crippen molar-refractivity contribution >= 4 is 5.78 Å². The van der Waals surface area contributed by atoms with Crippen LogP contribution >= 0.6 is 0 Å². The molecule has 0 radical (unpaired) electrons. The normalized spacial score (nSPS) is 10.4. The van der Waals surface area contributed by atoms with Gasteiger partial charge < -0.3 is 5.73 Å². The summed E-state index contributed by atoms with van der Waals surface area (Å²) in [7, 11) is 0. The number of hydrogen-bond donors (Lipinski definition) is 1. The maximum absolute atomic E-state index is 10.6. The standard InChI is InChI=1S/C8H17NO.2C3H8/c1-3-4-5-6-8(9)7(2)10;2*1-3-2/h8H,3-6,9H2,1-2H3;2*3H2,1-2H3. The van der Waals surface area contributed by atoms with E-state index in [4.69, 9.17) is 5.73 Å². The van der Waals surface area contributed by atoms with Crippen LogP contribution in [0.4, 0.5) is 0 Å². The highest BCUT2D eigenvalue weighted by atomic mass is 16.1. The van der Waals surface area contributed by atoms with E-state index in [1.165, 1.54) is 25.7 Å². The van der Waals surface area contributed by atoms with Crippen molar-refractivity contribution in [2.24, 2.45) is 5.73 Å². The van der Waals surface area contributed by atoms with Crippen molar-refractivity contribution in [1.82, 2.24) is 0 Å². The maximum atomic E-state index is 10.6. The third kappa shape index (κ3) is 29.2. The van der Waals surface area contributed by atoms with Crippen LogP contribution in [0.1, 0.15) is 80.1 Å². The molecule has 0 saturated heterocycles. The van der Waals surface area contributed by atoms with Crippen LogP contribution < -0.4 is 5.73 Å². The molecule has 0 spiro atoms. The lowest BCUT2D eigenvalue weighted by Gasteiger charge is -2.05. The average Bonchev–Trinajstić information content (AvgIpc) is 2.20. The van der Waals surface area contributed by atoms with Crippen molar-refractivity contribution in [3.63, 3.8) is 0 Å². The molecule has 0 aliphatic carbocycles. The summed E-state index contributed by atoms with van der Waals surface area (Å²) >= 11 is 0. The van der Waals surface area contributed by atoms with Gasteiger partial charge in [0.25, 0.3) is 0 Å². The second-order valence-electron chi connectivity index (χ2n) is 4.13. The van der Waals surface area contributed by atoms with Crippen LogP contribution in [-0.4, -0.2) is 11.8 Å². The fourth-order valence-electron chi connectivity index (χ4n) is 0.818. The number of unbranched alkanes of at least 4 members (excludes halogenated alkanes) is 2.